The first-order chi connectivity index (χ1) is 30.8. The van der Waals surface area contributed by atoms with E-state index in [1.165, 1.54) is 24.3 Å². The monoisotopic (exact) mass is 866 g/mol. The number of carboxylic acids is 2. The average Bonchev–Trinajstić information content (AvgIpc) is 3.79. The Kier molecular flexibility index (Phi) is 13.0. The number of hydrogen-bond acceptors (Lipinski definition) is 10. The highest BCUT2D eigenvalue weighted by molar-refractivity contribution is 5.89. The third kappa shape index (κ3) is 11.1. The Hall–Kier alpha value is -6.70. The molecule has 2 heterocycles. The standard InChI is InChI=1S/C52H50O12/c1-51(2)61-45(31-59-43-25-39(49(53)54)23-41(27-43)57-29-33-15-19-37(20-16-33)35-11-7-5-8-12-35)47(63-51)48-46(62-52(3,4)64-48)32-60-44-26-40(50(55)56)24-42(28-44)58-30-34-17-21-38(22-18-34)36-13-9-6-10-14-36/h5-28,45-48H,29-32H2,1-4H3,(H,53,54)(H,55,56)/t45-,46+,47+,48-. The van der Waals surface area contributed by atoms with Crippen molar-refractivity contribution in [2.45, 2.75) is 76.9 Å². The summed E-state index contributed by atoms with van der Waals surface area (Å²) in [6.45, 7) is 7.51. The van der Waals surface area contributed by atoms with E-state index in [2.05, 4.69) is 0 Å². The third-order valence-electron chi connectivity index (χ3n) is 10.8. The number of ether oxygens (including phenoxy) is 8. The van der Waals surface area contributed by atoms with Crippen LogP contribution in [0.1, 0.15) is 59.5 Å². The average molecular weight is 867 g/mol. The fourth-order valence-electron chi connectivity index (χ4n) is 7.80. The van der Waals surface area contributed by atoms with Crippen molar-refractivity contribution in [3.63, 3.8) is 0 Å². The van der Waals surface area contributed by atoms with Crippen LogP contribution in [0.3, 0.4) is 0 Å². The number of benzene rings is 6. The fourth-order valence-corrected chi connectivity index (χ4v) is 7.80. The zero-order valence-electron chi connectivity index (χ0n) is 36.0. The van der Waals surface area contributed by atoms with Crippen LogP contribution >= 0.6 is 0 Å². The molecular weight excluding hydrogens is 817 g/mol. The van der Waals surface area contributed by atoms with Crippen LogP contribution in [0.2, 0.25) is 0 Å². The van der Waals surface area contributed by atoms with E-state index in [4.69, 9.17) is 37.9 Å². The number of carbonyl (C=O) groups is 2. The predicted molar refractivity (Wildman–Crippen MR) is 238 cm³/mol. The molecule has 2 aliphatic rings. The highest BCUT2D eigenvalue weighted by atomic mass is 16.8. The van der Waals surface area contributed by atoms with Gasteiger partial charge in [0.2, 0.25) is 0 Å². The van der Waals surface area contributed by atoms with Gasteiger partial charge in [-0.25, -0.2) is 9.59 Å². The summed E-state index contributed by atoms with van der Waals surface area (Å²) in [6.07, 6.45) is -2.78. The SMILES string of the molecule is CC1(C)O[C@@H]([C@H]2OC(C)(C)O[C@@H]2COc2cc(OCc3ccc(-c4ccccc4)cc3)cc(C(=O)O)c2)[C@H](COc2cc(OCc3ccc(-c4ccccc4)cc3)cc(C(=O)O)c2)O1. The van der Waals surface area contributed by atoms with Gasteiger partial charge < -0.3 is 48.1 Å². The van der Waals surface area contributed by atoms with Gasteiger partial charge in [0, 0.05) is 12.1 Å². The van der Waals surface area contributed by atoms with Gasteiger partial charge in [-0.1, -0.05) is 109 Å². The van der Waals surface area contributed by atoms with Gasteiger partial charge in [-0.3, -0.25) is 0 Å². The van der Waals surface area contributed by atoms with Crippen molar-refractivity contribution in [3.05, 3.63) is 168 Å². The van der Waals surface area contributed by atoms with Crippen LogP contribution in [-0.2, 0) is 32.2 Å². The molecule has 0 saturated carbocycles. The van der Waals surface area contributed by atoms with E-state index in [1.54, 1.807) is 39.8 Å². The molecule has 2 fully saturated rings. The summed E-state index contributed by atoms with van der Waals surface area (Å²) in [7, 11) is 0. The van der Waals surface area contributed by atoms with E-state index in [0.29, 0.717) is 11.5 Å². The lowest BCUT2D eigenvalue weighted by Gasteiger charge is -2.26. The van der Waals surface area contributed by atoms with Crippen LogP contribution < -0.4 is 18.9 Å². The van der Waals surface area contributed by atoms with Crippen molar-refractivity contribution in [2.24, 2.45) is 0 Å². The van der Waals surface area contributed by atoms with Crippen LogP contribution in [0.15, 0.2) is 146 Å². The van der Waals surface area contributed by atoms with Crippen molar-refractivity contribution < 1.29 is 57.7 Å². The minimum atomic E-state index is -1.13. The first-order valence-corrected chi connectivity index (χ1v) is 21.0. The quantitative estimate of drug-likeness (QED) is 0.0899. The molecule has 0 bridgehead atoms. The van der Waals surface area contributed by atoms with Gasteiger partial charge in [-0.2, -0.15) is 0 Å². The minimum Gasteiger partial charge on any atom is -0.491 e. The largest absolute Gasteiger partial charge is 0.491 e. The summed E-state index contributed by atoms with van der Waals surface area (Å²) in [5.74, 6) is -3.14. The van der Waals surface area contributed by atoms with Gasteiger partial charge in [0.25, 0.3) is 0 Å². The number of aromatic carboxylic acids is 2. The lowest BCUT2D eigenvalue weighted by Crippen LogP contribution is -2.45. The molecule has 0 aliphatic carbocycles. The summed E-state index contributed by atoms with van der Waals surface area (Å²) >= 11 is 0. The highest BCUT2D eigenvalue weighted by Gasteiger charge is 2.54. The van der Waals surface area contributed by atoms with Crippen molar-refractivity contribution >= 4 is 11.9 Å². The molecule has 8 rings (SSSR count). The molecule has 0 amide bonds. The normalized spacial score (nSPS) is 19.8. The molecule has 6 aromatic rings. The molecule has 330 valence electrons. The zero-order valence-corrected chi connectivity index (χ0v) is 36.0. The van der Waals surface area contributed by atoms with E-state index in [1.807, 2.05) is 109 Å². The summed E-state index contributed by atoms with van der Waals surface area (Å²) < 4.78 is 50.1. The molecule has 0 unspecified atom stereocenters. The molecule has 2 N–H and O–H groups in total. The lowest BCUT2D eigenvalue weighted by molar-refractivity contribution is -0.175. The molecular formula is C52H50O12. The summed E-state index contributed by atoms with van der Waals surface area (Å²) in [5, 5.41) is 19.9. The smallest absolute Gasteiger partial charge is 0.335 e. The van der Waals surface area contributed by atoms with E-state index in [-0.39, 0.29) is 49.1 Å². The van der Waals surface area contributed by atoms with Gasteiger partial charge >= 0.3 is 11.9 Å². The topological polar surface area (TPSA) is 148 Å². The van der Waals surface area contributed by atoms with Crippen LogP contribution in [0.5, 0.6) is 23.0 Å². The third-order valence-corrected chi connectivity index (χ3v) is 10.8. The zero-order chi connectivity index (χ0) is 44.8. The van der Waals surface area contributed by atoms with Gasteiger partial charge in [-0.05, 0) is 85.3 Å². The van der Waals surface area contributed by atoms with Crippen LogP contribution in [0.4, 0.5) is 0 Å². The van der Waals surface area contributed by atoms with Crippen LogP contribution in [-0.4, -0.2) is 71.4 Å². The highest BCUT2D eigenvalue weighted by Crippen LogP contribution is 2.39. The molecule has 12 heteroatoms. The maximum Gasteiger partial charge on any atom is 0.335 e. The van der Waals surface area contributed by atoms with Crippen molar-refractivity contribution in [1.82, 2.24) is 0 Å². The van der Waals surface area contributed by atoms with E-state index in [9.17, 15) is 19.8 Å². The van der Waals surface area contributed by atoms with Gasteiger partial charge in [-0.15, -0.1) is 0 Å². The molecule has 4 atom stereocenters. The Morgan fingerprint density at radius 2 is 0.781 bits per heavy atom. The Balaban J connectivity index is 0.924. The van der Waals surface area contributed by atoms with E-state index < -0.39 is 47.9 Å². The van der Waals surface area contributed by atoms with Crippen molar-refractivity contribution in [1.29, 1.82) is 0 Å². The summed E-state index contributed by atoms with van der Waals surface area (Å²) in [6, 6.07) is 45.1. The lowest BCUT2D eigenvalue weighted by atomic mass is 10.0. The van der Waals surface area contributed by atoms with Crippen molar-refractivity contribution in [3.8, 4) is 45.3 Å². The number of hydrogen-bond donors (Lipinski definition) is 2. The maximum atomic E-state index is 12.2. The molecule has 64 heavy (non-hydrogen) atoms. The second kappa shape index (κ2) is 19.0. The molecule has 0 radical (unpaired) electrons. The Labute approximate surface area is 371 Å². The predicted octanol–water partition coefficient (Wildman–Crippen LogP) is 10.1. The molecule has 12 nitrogen and oxygen atoms in total. The summed E-state index contributed by atoms with van der Waals surface area (Å²) in [4.78, 5) is 24.3. The number of carboxylic acid groups (broad SMARTS) is 2. The first kappa shape index (κ1) is 43.9. The van der Waals surface area contributed by atoms with E-state index in [0.717, 1.165) is 33.4 Å². The molecule has 0 spiro atoms. The Morgan fingerprint density at radius 1 is 0.453 bits per heavy atom. The molecule has 2 aliphatic heterocycles. The van der Waals surface area contributed by atoms with Gasteiger partial charge in [0.1, 0.15) is 73.8 Å². The number of rotatable bonds is 17. The maximum absolute atomic E-state index is 12.2. The molecule has 2 saturated heterocycles. The fraction of sp³-hybridized carbons (Fsp3) is 0.269. The molecule has 0 aromatic heterocycles. The second-order valence-electron chi connectivity index (χ2n) is 16.6. The Bertz CT molecular complexity index is 2360. The summed E-state index contributed by atoms with van der Waals surface area (Å²) in [5.41, 5.74) is 6.18. The van der Waals surface area contributed by atoms with Crippen LogP contribution in [0, 0.1) is 0 Å². The van der Waals surface area contributed by atoms with Crippen molar-refractivity contribution in [2.75, 3.05) is 13.2 Å². The second-order valence-corrected chi connectivity index (χ2v) is 16.6. The Morgan fingerprint density at radius 3 is 1.12 bits per heavy atom. The minimum absolute atomic E-state index is 0.00287. The van der Waals surface area contributed by atoms with Gasteiger partial charge in [0.05, 0.1) is 11.1 Å². The van der Waals surface area contributed by atoms with E-state index >= 15 is 0 Å². The first-order valence-electron chi connectivity index (χ1n) is 21.0. The molecule has 6 aromatic carbocycles. The van der Waals surface area contributed by atoms with Gasteiger partial charge in [0.15, 0.2) is 11.6 Å². The van der Waals surface area contributed by atoms with Crippen LogP contribution in [0.25, 0.3) is 22.3 Å².